The van der Waals surface area contributed by atoms with Crippen LogP contribution >= 0.6 is 23.4 Å². The van der Waals surface area contributed by atoms with Crippen LogP contribution in [0.3, 0.4) is 0 Å². The highest BCUT2D eigenvalue weighted by Crippen LogP contribution is 2.34. The molecular weight excluding hydrogens is 459 g/mol. The fourth-order valence-electron chi connectivity index (χ4n) is 2.52. The van der Waals surface area contributed by atoms with E-state index in [4.69, 9.17) is 17.3 Å². The number of halogens is 2. The molecule has 0 unspecified atom stereocenters. The Hall–Kier alpha value is -2.64. The van der Waals surface area contributed by atoms with Gasteiger partial charge in [-0.05, 0) is 49.8 Å². The number of thioether (sulfide) groups is 1. The Balaban J connectivity index is 3.00. The molecule has 0 aromatic carbocycles. The Bertz CT molecular complexity index is 981. The number of nitrogens with one attached hydrogen (secondary N) is 1. The smallest absolute Gasteiger partial charge is 0.247 e. The van der Waals surface area contributed by atoms with Gasteiger partial charge < -0.3 is 11.1 Å². The molecule has 5 nitrogen and oxygen atoms in total. The number of aromatic nitrogens is 2. The van der Waals surface area contributed by atoms with E-state index in [0.29, 0.717) is 22.5 Å². The highest BCUT2D eigenvalue weighted by molar-refractivity contribution is 8.06. The summed E-state index contributed by atoms with van der Waals surface area (Å²) in [4.78, 5) is 22.1. The fourth-order valence-corrected chi connectivity index (χ4v) is 3.61. The summed E-state index contributed by atoms with van der Waals surface area (Å²) >= 11 is 7.01. The second-order valence-electron chi connectivity index (χ2n) is 7.18. The monoisotopic (exact) mass is 490 g/mol. The fraction of sp³-hybridized carbons (Fsp3) is 0.320. The van der Waals surface area contributed by atoms with Gasteiger partial charge in [-0.25, -0.2) is 14.4 Å². The van der Waals surface area contributed by atoms with E-state index in [-0.39, 0.29) is 17.5 Å². The summed E-state index contributed by atoms with van der Waals surface area (Å²) in [5, 5.41) is 4.42. The Morgan fingerprint density at radius 2 is 1.97 bits per heavy atom. The van der Waals surface area contributed by atoms with Gasteiger partial charge in [0.25, 0.3) is 0 Å². The van der Waals surface area contributed by atoms with E-state index < -0.39 is 5.83 Å². The molecule has 0 aliphatic heterocycles. The molecule has 1 aromatic rings. The van der Waals surface area contributed by atoms with Gasteiger partial charge in [-0.3, -0.25) is 4.79 Å². The molecule has 1 amide bonds. The number of hydrogen-bond acceptors (Lipinski definition) is 5. The van der Waals surface area contributed by atoms with Gasteiger partial charge in [-0.15, -0.1) is 0 Å². The van der Waals surface area contributed by atoms with Gasteiger partial charge in [0.15, 0.2) is 5.82 Å². The van der Waals surface area contributed by atoms with Crippen molar-refractivity contribution in [3.05, 3.63) is 87.1 Å². The minimum absolute atomic E-state index is 0.173. The SMILES string of the molecule is C=C(Cl)/C(F)=C\C(=C/CCC)CNC(=O)/C(C)=C/S/C(C(=CN)c1ncccn1)=C(/C)CC. The first-order chi connectivity index (χ1) is 15.7. The Morgan fingerprint density at radius 3 is 2.52 bits per heavy atom. The number of rotatable bonds is 12. The van der Waals surface area contributed by atoms with E-state index in [9.17, 15) is 9.18 Å². The molecule has 0 saturated heterocycles. The number of hydrogen-bond donors (Lipinski definition) is 2. The van der Waals surface area contributed by atoms with Crippen LogP contribution in [0.1, 0.15) is 52.8 Å². The van der Waals surface area contributed by atoms with E-state index in [1.54, 1.807) is 30.8 Å². The molecule has 0 spiro atoms. The van der Waals surface area contributed by atoms with Crippen LogP contribution < -0.4 is 11.1 Å². The number of allylic oxidation sites excluding steroid dienone is 5. The van der Waals surface area contributed by atoms with Gasteiger partial charge in [0.2, 0.25) is 5.91 Å². The van der Waals surface area contributed by atoms with Gasteiger partial charge >= 0.3 is 0 Å². The first kappa shape index (κ1) is 28.4. The lowest BCUT2D eigenvalue weighted by atomic mass is 10.1. The standard InChI is InChI=1S/C25H32ClFN4OS/c1-6-8-10-20(13-22(27)19(5)26)15-31-25(32)18(4)16-33-23(17(3)7-2)21(14-28)24-29-11-9-12-30-24/h9-14,16H,5-8,15,28H2,1-4H3,(H,31,32)/b18-16+,20-10+,21-14?,22-13+,23-17-. The molecule has 0 aliphatic carbocycles. The van der Waals surface area contributed by atoms with Crippen molar-refractivity contribution in [2.75, 3.05) is 6.54 Å². The van der Waals surface area contributed by atoms with E-state index >= 15 is 0 Å². The quantitative estimate of drug-likeness (QED) is 0.256. The van der Waals surface area contributed by atoms with Crippen molar-refractivity contribution >= 4 is 34.8 Å². The van der Waals surface area contributed by atoms with Gasteiger partial charge in [0, 0.05) is 41.2 Å². The highest BCUT2D eigenvalue weighted by atomic mass is 35.5. The topological polar surface area (TPSA) is 80.9 Å². The maximum Gasteiger partial charge on any atom is 0.247 e. The lowest BCUT2D eigenvalue weighted by Crippen LogP contribution is -2.26. The number of carbonyl (C=O) groups is 1. The van der Waals surface area contributed by atoms with Crippen LogP contribution in [-0.4, -0.2) is 22.4 Å². The zero-order valence-corrected chi connectivity index (χ0v) is 21.2. The largest absolute Gasteiger partial charge is 0.404 e. The second kappa shape index (κ2) is 15.2. The first-order valence-electron chi connectivity index (χ1n) is 10.7. The lowest BCUT2D eigenvalue weighted by Gasteiger charge is -2.13. The van der Waals surface area contributed by atoms with Crippen LogP contribution in [0.15, 0.2) is 81.3 Å². The highest BCUT2D eigenvalue weighted by Gasteiger charge is 2.14. The normalized spacial score (nSPS) is 14.1. The predicted molar refractivity (Wildman–Crippen MR) is 139 cm³/mol. The minimum Gasteiger partial charge on any atom is -0.404 e. The van der Waals surface area contributed by atoms with Gasteiger partial charge in [-0.1, -0.05) is 61.9 Å². The van der Waals surface area contributed by atoms with Gasteiger partial charge in [0.1, 0.15) is 5.83 Å². The van der Waals surface area contributed by atoms with Crippen LogP contribution in [-0.2, 0) is 4.79 Å². The van der Waals surface area contributed by atoms with Crippen LogP contribution in [0, 0.1) is 0 Å². The third-order valence-electron chi connectivity index (χ3n) is 4.57. The van der Waals surface area contributed by atoms with Gasteiger partial charge in [0.05, 0.1) is 5.03 Å². The molecule has 1 heterocycles. The van der Waals surface area contributed by atoms with E-state index in [2.05, 4.69) is 21.9 Å². The summed E-state index contributed by atoms with van der Waals surface area (Å²) < 4.78 is 13.9. The average molecular weight is 491 g/mol. The predicted octanol–water partition coefficient (Wildman–Crippen LogP) is 6.55. The average Bonchev–Trinajstić information content (AvgIpc) is 2.82. The van der Waals surface area contributed by atoms with Crippen LogP contribution in [0.2, 0.25) is 0 Å². The molecule has 0 aliphatic rings. The van der Waals surface area contributed by atoms with Crippen LogP contribution in [0.4, 0.5) is 4.39 Å². The molecule has 33 heavy (non-hydrogen) atoms. The maximum absolute atomic E-state index is 13.9. The molecular formula is C25H32ClFN4OS. The third kappa shape index (κ3) is 9.80. The zero-order valence-electron chi connectivity index (χ0n) is 19.6. The molecule has 1 rings (SSSR count). The zero-order chi connectivity index (χ0) is 24.8. The van der Waals surface area contributed by atoms with Crippen molar-refractivity contribution in [3.63, 3.8) is 0 Å². The van der Waals surface area contributed by atoms with E-state index in [1.165, 1.54) is 24.0 Å². The molecule has 0 fully saturated rings. The Morgan fingerprint density at radius 1 is 1.30 bits per heavy atom. The van der Waals surface area contributed by atoms with Gasteiger partial charge in [-0.2, -0.15) is 0 Å². The van der Waals surface area contributed by atoms with Crippen LogP contribution in [0.25, 0.3) is 5.57 Å². The van der Waals surface area contributed by atoms with Crippen molar-refractivity contribution in [2.24, 2.45) is 5.73 Å². The Kier molecular flexibility index (Phi) is 13.1. The summed E-state index contributed by atoms with van der Waals surface area (Å²) in [7, 11) is 0. The number of nitrogens with zero attached hydrogens (tertiary/aromatic N) is 2. The van der Waals surface area contributed by atoms with Crippen molar-refractivity contribution in [3.8, 4) is 0 Å². The Labute approximate surface area is 205 Å². The molecule has 8 heteroatoms. The minimum atomic E-state index is -0.620. The number of carbonyl (C=O) groups excluding carboxylic acids is 1. The third-order valence-corrected chi connectivity index (χ3v) is 6.02. The lowest BCUT2D eigenvalue weighted by molar-refractivity contribution is -0.117. The summed E-state index contributed by atoms with van der Waals surface area (Å²) in [6, 6.07) is 1.74. The summed E-state index contributed by atoms with van der Waals surface area (Å²) in [6.07, 6.45) is 10.4. The maximum atomic E-state index is 13.9. The molecule has 0 radical (unpaired) electrons. The van der Waals surface area contributed by atoms with Crippen LogP contribution in [0.5, 0.6) is 0 Å². The summed E-state index contributed by atoms with van der Waals surface area (Å²) in [6.45, 7) is 11.4. The van der Waals surface area contributed by atoms with Crippen molar-refractivity contribution in [2.45, 2.75) is 47.0 Å². The number of unbranched alkanes of at least 4 members (excludes halogenated alkanes) is 1. The van der Waals surface area contributed by atoms with Crippen molar-refractivity contribution in [1.82, 2.24) is 15.3 Å². The molecule has 0 atom stereocenters. The van der Waals surface area contributed by atoms with E-state index in [1.807, 2.05) is 26.8 Å². The molecule has 1 aromatic heterocycles. The molecule has 0 bridgehead atoms. The molecule has 0 saturated carbocycles. The second-order valence-corrected chi connectivity index (χ2v) is 8.52. The summed E-state index contributed by atoms with van der Waals surface area (Å²) in [5.74, 6) is -0.359. The first-order valence-corrected chi connectivity index (χ1v) is 11.9. The van der Waals surface area contributed by atoms with Crippen molar-refractivity contribution < 1.29 is 9.18 Å². The van der Waals surface area contributed by atoms with Crippen molar-refractivity contribution in [1.29, 1.82) is 0 Å². The van der Waals surface area contributed by atoms with E-state index in [0.717, 1.165) is 29.7 Å². The molecule has 3 N–H and O–H groups in total. The number of nitrogens with two attached hydrogens (primary N) is 1. The number of amides is 1. The molecule has 178 valence electrons. The summed E-state index contributed by atoms with van der Waals surface area (Å²) in [5.41, 5.74) is 8.84.